The molecular weight excluding hydrogens is 442 g/mol. The standard InChI is InChI=1S/C29H33NO5/c1-5-24(20-9-7-6-8-10-20)29(31)30-16-15-21-17-27(33-3)28(34-4)18-25(21)26(30)19-35-23-13-11-22(32-2)12-14-23/h6-14,17-18,24,26H,5,15-16,19H2,1-4H3/t24-,26+/m1/s1. The zero-order valence-corrected chi connectivity index (χ0v) is 20.8. The van der Waals surface area contributed by atoms with Crippen molar-refractivity contribution < 1.29 is 23.7 Å². The van der Waals surface area contributed by atoms with E-state index in [2.05, 4.69) is 6.92 Å². The van der Waals surface area contributed by atoms with Crippen LogP contribution in [0.15, 0.2) is 66.7 Å². The maximum Gasteiger partial charge on any atom is 0.230 e. The van der Waals surface area contributed by atoms with Crippen LogP contribution in [-0.4, -0.2) is 45.3 Å². The Kier molecular flexibility index (Phi) is 7.80. The van der Waals surface area contributed by atoms with E-state index in [1.807, 2.05) is 71.6 Å². The molecule has 0 spiro atoms. The van der Waals surface area contributed by atoms with Crippen molar-refractivity contribution in [3.05, 3.63) is 83.4 Å². The smallest absolute Gasteiger partial charge is 0.230 e. The topological polar surface area (TPSA) is 57.2 Å². The molecule has 0 saturated heterocycles. The van der Waals surface area contributed by atoms with Gasteiger partial charge < -0.3 is 23.8 Å². The Bertz CT molecular complexity index is 1130. The normalized spacial score (nSPS) is 15.7. The lowest BCUT2D eigenvalue weighted by atomic mass is 9.89. The first-order chi connectivity index (χ1) is 17.1. The minimum absolute atomic E-state index is 0.113. The van der Waals surface area contributed by atoms with E-state index in [9.17, 15) is 4.79 Å². The molecule has 0 radical (unpaired) electrons. The van der Waals surface area contributed by atoms with Gasteiger partial charge in [-0.2, -0.15) is 0 Å². The fourth-order valence-corrected chi connectivity index (χ4v) is 4.76. The van der Waals surface area contributed by atoms with Gasteiger partial charge in [-0.15, -0.1) is 0 Å². The summed E-state index contributed by atoms with van der Waals surface area (Å²) < 4.78 is 22.6. The average molecular weight is 476 g/mol. The van der Waals surface area contributed by atoms with Crippen molar-refractivity contribution >= 4 is 5.91 Å². The number of methoxy groups -OCH3 is 3. The van der Waals surface area contributed by atoms with Crippen LogP contribution >= 0.6 is 0 Å². The summed E-state index contributed by atoms with van der Waals surface area (Å²) >= 11 is 0. The Labute approximate surface area is 207 Å². The van der Waals surface area contributed by atoms with Crippen LogP contribution in [0.3, 0.4) is 0 Å². The third-order valence-electron chi connectivity index (χ3n) is 6.66. The predicted octanol–water partition coefficient (Wildman–Crippen LogP) is 5.41. The maximum absolute atomic E-state index is 13.9. The Morgan fingerprint density at radius 2 is 1.57 bits per heavy atom. The lowest BCUT2D eigenvalue weighted by molar-refractivity contribution is -0.136. The number of hydrogen-bond donors (Lipinski definition) is 0. The summed E-state index contributed by atoms with van der Waals surface area (Å²) in [6.45, 7) is 3.00. The molecule has 3 aromatic rings. The monoisotopic (exact) mass is 475 g/mol. The van der Waals surface area contributed by atoms with Gasteiger partial charge in [0.2, 0.25) is 5.91 Å². The molecule has 0 aromatic heterocycles. The summed E-state index contributed by atoms with van der Waals surface area (Å²) in [6, 6.07) is 21.2. The molecule has 0 saturated carbocycles. The molecule has 1 aliphatic heterocycles. The zero-order valence-electron chi connectivity index (χ0n) is 20.8. The average Bonchev–Trinajstić information content (AvgIpc) is 2.92. The zero-order chi connectivity index (χ0) is 24.8. The second-order valence-electron chi connectivity index (χ2n) is 8.56. The molecule has 4 rings (SSSR count). The highest BCUT2D eigenvalue weighted by molar-refractivity contribution is 5.84. The molecule has 2 atom stereocenters. The highest BCUT2D eigenvalue weighted by Gasteiger charge is 2.35. The van der Waals surface area contributed by atoms with Crippen LogP contribution in [0.25, 0.3) is 0 Å². The summed E-state index contributed by atoms with van der Waals surface area (Å²) in [5.41, 5.74) is 3.20. The van der Waals surface area contributed by atoms with Gasteiger partial charge in [-0.05, 0) is 65.9 Å². The molecule has 0 aliphatic carbocycles. The molecule has 0 N–H and O–H groups in total. The molecule has 0 fully saturated rings. The van der Waals surface area contributed by atoms with Gasteiger partial charge in [-0.3, -0.25) is 4.79 Å². The fraction of sp³-hybridized carbons (Fsp3) is 0.345. The van der Waals surface area contributed by atoms with Crippen LogP contribution in [0.2, 0.25) is 0 Å². The molecule has 0 bridgehead atoms. The molecular formula is C29H33NO5. The van der Waals surface area contributed by atoms with Crippen molar-refractivity contribution in [1.29, 1.82) is 0 Å². The van der Waals surface area contributed by atoms with Gasteiger partial charge in [-0.1, -0.05) is 37.3 Å². The summed E-state index contributed by atoms with van der Waals surface area (Å²) in [7, 11) is 4.90. The van der Waals surface area contributed by atoms with Crippen LogP contribution in [0, 0.1) is 0 Å². The van der Waals surface area contributed by atoms with Crippen molar-refractivity contribution in [2.45, 2.75) is 31.7 Å². The van der Waals surface area contributed by atoms with E-state index < -0.39 is 0 Å². The third-order valence-corrected chi connectivity index (χ3v) is 6.66. The number of carbonyl (C=O) groups excluding carboxylic acids is 1. The summed E-state index contributed by atoms with van der Waals surface area (Å²) in [4.78, 5) is 15.9. The van der Waals surface area contributed by atoms with Gasteiger partial charge in [-0.25, -0.2) is 0 Å². The largest absolute Gasteiger partial charge is 0.497 e. The van der Waals surface area contributed by atoms with Gasteiger partial charge in [0, 0.05) is 6.54 Å². The molecule has 6 heteroatoms. The van der Waals surface area contributed by atoms with Gasteiger partial charge in [0.25, 0.3) is 0 Å². The molecule has 6 nitrogen and oxygen atoms in total. The molecule has 1 amide bonds. The molecule has 0 unspecified atom stereocenters. The van der Waals surface area contributed by atoms with Crippen LogP contribution in [-0.2, 0) is 11.2 Å². The van der Waals surface area contributed by atoms with Crippen LogP contribution in [0.4, 0.5) is 0 Å². The van der Waals surface area contributed by atoms with Crippen LogP contribution in [0.5, 0.6) is 23.0 Å². The maximum atomic E-state index is 13.9. The van der Waals surface area contributed by atoms with E-state index in [1.165, 1.54) is 0 Å². The Hall–Kier alpha value is -3.67. The van der Waals surface area contributed by atoms with Crippen LogP contribution < -0.4 is 18.9 Å². The third kappa shape index (κ3) is 5.21. The molecule has 1 heterocycles. The fourth-order valence-electron chi connectivity index (χ4n) is 4.76. The SMILES string of the molecule is CC[C@@H](C(=O)N1CCc2cc(OC)c(OC)cc2[C@@H]1COc1ccc(OC)cc1)c1ccccc1. The Morgan fingerprint density at radius 1 is 0.914 bits per heavy atom. The van der Waals surface area contributed by atoms with Crippen molar-refractivity contribution in [1.82, 2.24) is 4.90 Å². The first kappa shape index (κ1) is 24.5. The minimum Gasteiger partial charge on any atom is -0.497 e. The van der Waals surface area contributed by atoms with Crippen molar-refractivity contribution in [2.24, 2.45) is 0 Å². The quantitative estimate of drug-likeness (QED) is 0.414. The predicted molar refractivity (Wildman–Crippen MR) is 136 cm³/mol. The molecule has 3 aromatic carbocycles. The number of fused-ring (bicyclic) bond motifs is 1. The van der Waals surface area contributed by atoms with E-state index in [0.717, 1.165) is 41.0 Å². The van der Waals surface area contributed by atoms with E-state index in [0.29, 0.717) is 24.7 Å². The number of nitrogens with zero attached hydrogens (tertiary/aromatic N) is 1. The molecule has 1 aliphatic rings. The van der Waals surface area contributed by atoms with E-state index in [-0.39, 0.29) is 17.9 Å². The number of hydrogen-bond acceptors (Lipinski definition) is 5. The van der Waals surface area contributed by atoms with E-state index >= 15 is 0 Å². The van der Waals surface area contributed by atoms with Crippen molar-refractivity contribution in [3.63, 3.8) is 0 Å². The van der Waals surface area contributed by atoms with Crippen LogP contribution in [0.1, 0.15) is 42.0 Å². The first-order valence-corrected chi connectivity index (χ1v) is 12.0. The van der Waals surface area contributed by atoms with Gasteiger partial charge >= 0.3 is 0 Å². The molecule has 35 heavy (non-hydrogen) atoms. The minimum atomic E-state index is -0.258. The summed E-state index contributed by atoms with van der Waals surface area (Å²) in [5.74, 6) is 2.73. The highest BCUT2D eigenvalue weighted by atomic mass is 16.5. The summed E-state index contributed by atoms with van der Waals surface area (Å²) in [5, 5.41) is 0. The van der Waals surface area contributed by atoms with Gasteiger partial charge in [0.15, 0.2) is 11.5 Å². The van der Waals surface area contributed by atoms with E-state index in [4.69, 9.17) is 18.9 Å². The second kappa shape index (κ2) is 11.2. The number of benzene rings is 3. The first-order valence-electron chi connectivity index (χ1n) is 12.0. The number of ether oxygens (including phenoxy) is 4. The van der Waals surface area contributed by atoms with Crippen molar-refractivity contribution in [3.8, 4) is 23.0 Å². The van der Waals surface area contributed by atoms with Gasteiger partial charge in [0.1, 0.15) is 18.1 Å². The van der Waals surface area contributed by atoms with Gasteiger partial charge in [0.05, 0.1) is 33.3 Å². The van der Waals surface area contributed by atoms with E-state index in [1.54, 1.807) is 21.3 Å². The number of amides is 1. The Morgan fingerprint density at radius 3 is 2.20 bits per heavy atom. The molecule has 184 valence electrons. The second-order valence-corrected chi connectivity index (χ2v) is 8.56. The number of carbonyl (C=O) groups is 1. The Balaban J connectivity index is 1.68. The highest BCUT2D eigenvalue weighted by Crippen LogP contribution is 2.40. The lowest BCUT2D eigenvalue weighted by Crippen LogP contribution is -2.44. The lowest BCUT2D eigenvalue weighted by Gasteiger charge is -2.39. The number of rotatable bonds is 9. The van der Waals surface area contributed by atoms with Crippen molar-refractivity contribution in [2.75, 3.05) is 34.5 Å². The summed E-state index contributed by atoms with van der Waals surface area (Å²) in [6.07, 6.45) is 1.47.